The number of hydrogen-bond acceptors (Lipinski definition) is 2. The number of nitrogens with zero attached hydrogens (tertiary/aromatic N) is 2. The molecule has 1 atom stereocenters. The summed E-state index contributed by atoms with van der Waals surface area (Å²) in [5, 5.41) is 5.96. The molecule has 1 aromatic rings. The molecule has 4 heteroatoms. The molecule has 0 aliphatic carbocycles. The van der Waals surface area contributed by atoms with Crippen LogP contribution in [0.4, 0.5) is 0 Å². The van der Waals surface area contributed by atoms with Crippen molar-refractivity contribution >= 4 is 10.0 Å². The van der Waals surface area contributed by atoms with Crippen LogP contribution in [0.25, 0.3) is 0 Å². The van der Waals surface area contributed by atoms with Crippen LogP contribution in [0.5, 0.6) is 0 Å². The Kier molecular flexibility index (Phi) is 4.85. The highest BCUT2D eigenvalue weighted by molar-refractivity contribution is 8.32. The topological polar surface area (TPSA) is 27.1 Å². The quantitative estimate of drug-likeness (QED) is 0.821. The van der Waals surface area contributed by atoms with E-state index in [9.17, 15) is 0 Å². The first-order chi connectivity index (χ1) is 9.30. The maximum atomic E-state index is 5.92. The summed E-state index contributed by atoms with van der Waals surface area (Å²) in [6, 6.07) is 2.20. The lowest BCUT2D eigenvalue weighted by Gasteiger charge is -2.36. The van der Waals surface area contributed by atoms with Crippen LogP contribution in [0, 0.1) is 5.41 Å². The summed E-state index contributed by atoms with van der Waals surface area (Å²) in [4.78, 5) is 0. The number of rotatable bonds is 4. The summed E-state index contributed by atoms with van der Waals surface area (Å²) in [7, 11) is -0.810. The molecule has 116 valence electrons. The lowest BCUT2D eigenvalue weighted by atomic mass is 9.94. The molecule has 2 heterocycles. The molecule has 1 aliphatic heterocycles. The Labute approximate surface area is 125 Å². The average Bonchev–Trinajstić information content (AvgIpc) is 2.87. The maximum Gasteiger partial charge on any atom is 0.151 e. The van der Waals surface area contributed by atoms with Gasteiger partial charge in [0.1, 0.15) is 0 Å². The molecule has 1 aliphatic rings. The standard InChI is InChI=1S/C16H30N2OS/c1-16(2,3)10-13-20(4,5)15-9-11-17-18(15)14-8-6-7-12-19-14/h9,11,14H,6-8,10,12-13H2,1-5H3. The second kappa shape index (κ2) is 6.10. The van der Waals surface area contributed by atoms with E-state index in [1.165, 1.54) is 30.0 Å². The summed E-state index contributed by atoms with van der Waals surface area (Å²) in [6.07, 6.45) is 11.7. The summed E-state index contributed by atoms with van der Waals surface area (Å²) < 4.78 is 8.08. The van der Waals surface area contributed by atoms with Gasteiger partial charge in [0, 0.05) is 6.61 Å². The predicted octanol–water partition coefficient (Wildman–Crippen LogP) is 4.44. The lowest BCUT2D eigenvalue weighted by molar-refractivity contribution is -0.0447. The van der Waals surface area contributed by atoms with Crippen LogP contribution in [0.3, 0.4) is 0 Å². The third kappa shape index (κ3) is 4.01. The van der Waals surface area contributed by atoms with E-state index in [1.54, 1.807) is 0 Å². The fourth-order valence-electron chi connectivity index (χ4n) is 2.54. The van der Waals surface area contributed by atoms with Gasteiger partial charge in [-0.1, -0.05) is 20.8 Å². The van der Waals surface area contributed by atoms with Crippen molar-refractivity contribution in [1.29, 1.82) is 0 Å². The Morgan fingerprint density at radius 3 is 2.70 bits per heavy atom. The lowest BCUT2D eigenvalue weighted by Crippen LogP contribution is -2.22. The summed E-state index contributed by atoms with van der Waals surface area (Å²) in [6.45, 7) is 7.85. The van der Waals surface area contributed by atoms with Crippen LogP contribution in [0.1, 0.15) is 52.7 Å². The highest BCUT2D eigenvalue weighted by Gasteiger charge is 2.26. The third-order valence-electron chi connectivity index (χ3n) is 3.99. The minimum atomic E-state index is -0.810. The zero-order valence-corrected chi connectivity index (χ0v) is 14.5. The van der Waals surface area contributed by atoms with Crippen LogP contribution in [0.2, 0.25) is 0 Å². The van der Waals surface area contributed by atoms with Gasteiger partial charge in [0.25, 0.3) is 0 Å². The second-order valence-corrected chi connectivity index (χ2v) is 11.4. The van der Waals surface area contributed by atoms with E-state index in [1.807, 2.05) is 6.20 Å². The zero-order valence-electron chi connectivity index (χ0n) is 13.7. The Bertz CT molecular complexity index is 428. The molecule has 0 aromatic carbocycles. The van der Waals surface area contributed by atoms with Gasteiger partial charge in [-0.3, -0.25) is 0 Å². The maximum absolute atomic E-state index is 5.92. The molecule has 0 spiro atoms. The Hall–Kier alpha value is -0.480. The Balaban J connectivity index is 2.13. The minimum Gasteiger partial charge on any atom is -0.356 e. The fraction of sp³-hybridized carbons (Fsp3) is 0.812. The Morgan fingerprint density at radius 1 is 1.35 bits per heavy atom. The van der Waals surface area contributed by atoms with Crippen LogP contribution >= 0.6 is 10.0 Å². The van der Waals surface area contributed by atoms with E-state index in [2.05, 4.69) is 49.1 Å². The molecule has 0 bridgehead atoms. The van der Waals surface area contributed by atoms with E-state index in [0.29, 0.717) is 5.41 Å². The fourth-order valence-corrected chi connectivity index (χ4v) is 4.97. The zero-order chi connectivity index (χ0) is 14.8. The third-order valence-corrected chi connectivity index (χ3v) is 6.67. The molecule has 1 unspecified atom stereocenters. The molecule has 0 N–H and O–H groups in total. The van der Waals surface area contributed by atoms with Crippen molar-refractivity contribution in [2.45, 2.75) is 57.7 Å². The smallest absolute Gasteiger partial charge is 0.151 e. The van der Waals surface area contributed by atoms with E-state index < -0.39 is 10.0 Å². The minimum absolute atomic E-state index is 0.162. The second-order valence-electron chi connectivity index (χ2n) is 7.49. The van der Waals surface area contributed by atoms with Crippen molar-refractivity contribution in [2.75, 3.05) is 24.9 Å². The molecule has 0 radical (unpaired) electrons. The van der Waals surface area contributed by atoms with Crippen LogP contribution < -0.4 is 0 Å². The molecule has 1 fully saturated rings. The summed E-state index contributed by atoms with van der Waals surface area (Å²) in [5.41, 5.74) is 0.399. The molecule has 3 nitrogen and oxygen atoms in total. The first-order valence-electron chi connectivity index (χ1n) is 7.66. The van der Waals surface area contributed by atoms with Gasteiger partial charge in [-0.2, -0.15) is 5.10 Å². The van der Waals surface area contributed by atoms with Crippen molar-refractivity contribution in [3.63, 3.8) is 0 Å². The van der Waals surface area contributed by atoms with Gasteiger partial charge in [0.2, 0.25) is 0 Å². The molecule has 20 heavy (non-hydrogen) atoms. The van der Waals surface area contributed by atoms with Crippen LogP contribution in [-0.2, 0) is 4.74 Å². The highest BCUT2D eigenvalue weighted by Crippen LogP contribution is 2.51. The number of hydrogen-bond donors (Lipinski definition) is 0. The molecule has 2 rings (SSSR count). The van der Waals surface area contributed by atoms with Crippen molar-refractivity contribution in [1.82, 2.24) is 9.78 Å². The largest absolute Gasteiger partial charge is 0.356 e. The van der Waals surface area contributed by atoms with Gasteiger partial charge in [-0.05, 0) is 55.4 Å². The van der Waals surface area contributed by atoms with Gasteiger partial charge in [-0.25, -0.2) is 14.7 Å². The van der Waals surface area contributed by atoms with Gasteiger partial charge >= 0.3 is 0 Å². The average molecular weight is 298 g/mol. The van der Waals surface area contributed by atoms with E-state index in [4.69, 9.17) is 4.74 Å². The normalized spacial score (nSPS) is 21.9. The summed E-state index contributed by atoms with van der Waals surface area (Å²) >= 11 is 0. The van der Waals surface area contributed by atoms with E-state index in [0.717, 1.165) is 13.0 Å². The molecular weight excluding hydrogens is 268 g/mol. The predicted molar refractivity (Wildman–Crippen MR) is 87.7 cm³/mol. The molecule has 0 amide bonds. The summed E-state index contributed by atoms with van der Waals surface area (Å²) in [5.74, 6) is 1.26. The van der Waals surface area contributed by atoms with Gasteiger partial charge < -0.3 is 4.74 Å². The SMILES string of the molecule is CC(C)(C)CCS(C)(C)c1ccnn1C1CCCCO1. The van der Waals surface area contributed by atoms with Crippen molar-refractivity contribution < 1.29 is 4.74 Å². The van der Waals surface area contributed by atoms with E-state index in [-0.39, 0.29) is 6.23 Å². The number of aromatic nitrogens is 2. The Morgan fingerprint density at radius 2 is 2.10 bits per heavy atom. The highest BCUT2D eigenvalue weighted by atomic mass is 32.3. The van der Waals surface area contributed by atoms with E-state index >= 15 is 0 Å². The number of ether oxygens (including phenoxy) is 1. The molecule has 1 aromatic heterocycles. The van der Waals surface area contributed by atoms with Crippen LogP contribution in [0.15, 0.2) is 17.3 Å². The van der Waals surface area contributed by atoms with Gasteiger partial charge in [0.15, 0.2) is 6.23 Å². The molecule has 0 saturated carbocycles. The van der Waals surface area contributed by atoms with Crippen molar-refractivity contribution in [2.24, 2.45) is 5.41 Å². The van der Waals surface area contributed by atoms with Crippen LogP contribution in [-0.4, -0.2) is 34.7 Å². The molecular formula is C16H30N2OS. The van der Waals surface area contributed by atoms with Crippen molar-refractivity contribution in [3.8, 4) is 0 Å². The monoisotopic (exact) mass is 298 g/mol. The van der Waals surface area contributed by atoms with Gasteiger partial charge in [0.05, 0.1) is 11.2 Å². The first-order valence-corrected chi connectivity index (χ1v) is 10.3. The van der Waals surface area contributed by atoms with Crippen molar-refractivity contribution in [3.05, 3.63) is 12.3 Å². The van der Waals surface area contributed by atoms with Gasteiger partial charge in [-0.15, -0.1) is 0 Å². The molecule has 1 saturated heterocycles. The first kappa shape index (κ1) is 15.9.